The first-order valence-electron chi connectivity index (χ1n) is 10.1. The molecular weight excluding hydrogens is 458 g/mol. The van der Waals surface area contributed by atoms with Gasteiger partial charge in [-0.3, -0.25) is 14.8 Å². The zero-order chi connectivity index (χ0) is 25.2. The van der Waals surface area contributed by atoms with Gasteiger partial charge in [0.05, 0.1) is 27.9 Å². The maximum absolute atomic E-state index is 13.5. The first-order valence-corrected chi connectivity index (χ1v) is 10.1. The van der Waals surface area contributed by atoms with Crippen LogP contribution in [0, 0.1) is 12.7 Å². The molecule has 0 atom stereocenters. The molecule has 0 bridgehead atoms. The van der Waals surface area contributed by atoms with Crippen molar-refractivity contribution in [1.82, 2.24) is 25.0 Å². The van der Waals surface area contributed by atoms with E-state index < -0.39 is 29.5 Å². The highest BCUT2D eigenvalue weighted by Crippen LogP contribution is 2.33. The average molecular weight is 481 g/mol. The lowest BCUT2D eigenvalue weighted by molar-refractivity contribution is -0.139. The highest BCUT2D eigenvalue weighted by Gasteiger charge is 2.34. The Morgan fingerprint density at radius 3 is 2.56 bits per heavy atom. The predicted molar refractivity (Wildman–Crippen MR) is 118 cm³/mol. The van der Waals surface area contributed by atoms with Gasteiger partial charge in [0.2, 0.25) is 0 Å². The number of rotatable bonds is 6. The maximum Gasteiger partial charge on any atom is 0.419 e. The lowest BCUT2D eigenvalue weighted by Gasteiger charge is -2.16. The molecule has 2 aromatic heterocycles. The SMILES string of the molecule is Cc1nn(C)c2ncc(C(=O)NC(=O)Nc3ccc(F)c(C(F)(F)F)c3)c(NCCN(C)C)c12. The summed E-state index contributed by atoms with van der Waals surface area (Å²) in [5.41, 5.74) is -0.262. The quantitative estimate of drug-likeness (QED) is 0.467. The van der Waals surface area contributed by atoms with Crippen LogP contribution in [0.1, 0.15) is 21.6 Å². The number of halogens is 4. The smallest absolute Gasteiger partial charge is 0.382 e. The van der Waals surface area contributed by atoms with Crippen molar-refractivity contribution >= 4 is 34.3 Å². The standard InChI is InChI=1S/C21H23F4N7O2/c1-11-16-17(26-7-8-31(2)3)13(10-27-18(16)32(4)30-11)19(33)29-20(34)28-12-5-6-15(22)14(9-12)21(23,24)25/h5-6,9-10H,7-8H2,1-4H3,(H,26,27)(H2,28,29,33,34). The zero-order valence-corrected chi connectivity index (χ0v) is 18.8. The first kappa shape index (κ1) is 24.9. The Labute approximate surface area is 192 Å². The van der Waals surface area contributed by atoms with Gasteiger partial charge in [-0.15, -0.1) is 0 Å². The topological polar surface area (TPSA) is 104 Å². The first-order chi connectivity index (χ1) is 15.9. The molecule has 3 N–H and O–H groups in total. The number of amides is 3. The second-order valence-corrected chi connectivity index (χ2v) is 7.79. The third kappa shape index (κ3) is 5.42. The summed E-state index contributed by atoms with van der Waals surface area (Å²) < 4.78 is 53.8. The summed E-state index contributed by atoms with van der Waals surface area (Å²) in [6.07, 6.45) is -3.66. The Morgan fingerprint density at radius 1 is 1.21 bits per heavy atom. The number of benzene rings is 1. The van der Waals surface area contributed by atoms with E-state index in [-0.39, 0.29) is 11.3 Å². The van der Waals surface area contributed by atoms with Gasteiger partial charge in [-0.2, -0.15) is 18.3 Å². The van der Waals surface area contributed by atoms with E-state index in [0.717, 1.165) is 6.07 Å². The predicted octanol–water partition coefficient (Wildman–Crippen LogP) is 3.37. The number of alkyl halides is 3. The van der Waals surface area contributed by atoms with Crippen LogP contribution in [0.5, 0.6) is 0 Å². The van der Waals surface area contributed by atoms with Gasteiger partial charge < -0.3 is 15.5 Å². The average Bonchev–Trinajstić information content (AvgIpc) is 3.02. The van der Waals surface area contributed by atoms with Crippen LogP contribution in [0.15, 0.2) is 24.4 Å². The number of likely N-dealkylation sites (N-methyl/N-ethyl adjacent to an activating group) is 1. The number of aryl methyl sites for hydroxylation is 2. The van der Waals surface area contributed by atoms with Crippen LogP contribution in [0.4, 0.5) is 33.7 Å². The number of nitrogens with zero attached hydrogens (tertiary/aromatic N) is 4. The molecule has 0 aliphatic rings. The molecule has 0 aliphatic heterocycles. The second-order valence-electron chi connectivity index (χ2n) is 7.79. The molecule has 13 heteroatoms. The third-order valence-corrected chi connectivity index (χ3v) is 4.89. The Bertz CT molecular complexity index is 1240. The Balaban J connectivity index is 1.85. The number of hydrogen-bond acceptors (Lipinski definition) is 6. The van der Waals surface area contributed by atoms with Crippen LogP contribution in [-0.2, 0) is 13.2 Å². The fourth-order valence-electron chi connectivity index (χ4n) is 3.33. The van der Waals surface area contributed by atoms with E-state index in [1.165, 1.54) is 6.20 Å². The summed E-state index contributed by atoms with van der Waals surface area (Å²) in [5, 5.41) is 12.3. The van der Waals surface area contributed by atoms with Gasteiger partial charge in [-0.05, 0) is 39.2 Å². The second kappa shape index (κ2) is 9.63. The van der Waals surface area contributed by atoms with Crippen LogP contribution in [-0.4, -0.2) is 58.8 Å². The molecule has 0 unspecified atom stereocenters. The van der Waals surface area contributed by atoms with Crippen molar-refractivity contribution in [2.24, 2.45) is 7.05 Å². The lowest BCUT2D eigenvalue weighted by atomic mass is 10.1. The fourth-order valence-corrected chi connectivity index (χ4v) is 3.33. The van der Waals surface area contributed by atoms with E-state index in [4.69, 9.17) is 0 Å². The highest BCUT2D eigenvalue weighted by atomic mass is 19.4. The molecule has 182 valence electrons. The number of hydrogen-bond donors (Lipinski definition) is 3. The minimum Gasteiger partial charge on any atom is -0.382 e. The molecule has 3 rings (SSSR count). The highest BCUT2D eigenvalue weighted by molar-refractivity contribution is 6.13. The molecule has 0 radical (unpaired) electrons. The van der Waals surface area contributed by atoms with E-state index >= 15 is 0 Å². The number of urea groups is 1. The summed E-state index contributed by atoms with van der Waals surface area (Å²) in [7, 11) is 5.48. The van der Waals surface area contributed by atoms with Crippen LogP contribution >= 0.6 is 0 Å². The van der Waals surface area contributed by atoms with Gasteiger partial charge in [0.15, 0.2) is 5.65 Å². The summed E-state index contributed by atoms with van der Waals surface area (Å²) in [6.45, 7) is 2.88. The Hall–Kier alpha value is -3.74. The number of nitrogens with one attached hydrogen (secondary N) is 3. The van der Waals surface area contributed by atoms with Gasteiger partial charge >= 0.3 is 12.2 Å². The van der Waals surface area contributed by atoms with E-state index in [2.05, 4.69) is 26.0 Å². The van der Waals surface area contributed by atoms with Crippen molar-refractivity contribution in [2.75, 3.05) is 37.8 Å². The van der Waals surface area contributed by atoms with Crippen molar-refractivity contribution in [1.29, 1.82) is 0 Å². The van der Waals surface area contributed by atoms with Crippen molar-refractivity contribution in [3.05, 3.63) is 47.0 Å². The largest absolute Gasteiger partial charge is 0.419 e. The van der Waals surface area contributed by atoms with E-state index in [1.807, 2.05) is 19.0 Å². The minimum absolute atomic E-state index is 0.0487. The number of carbonyl (C=O) groups is 2. The summed E-state index contributed by atoms with van der Waals surface area (Å²) in [6, 6.07) is 0.887. The summed E-state index contributed by atoms with van der Waals surface area (Å²) in [4.78, 5) is 31.4. The van der Waals surface area contributed by atoms with Crippen LogP contribution in [0.2, 0.25) is 0 Å². The van der Waals surface area contributed by atoms with Crippen molar-refractivity contribution in [3.63, 3.8) is 0 Å². The number of carbonyl (C=O) groups excluding carboxylic acids is 2. The van der Waals surface area contributed by atoms with Crippen LogP contribution in [0.3, 0.4) is 0 Å². The van der Waals surface area contributed by atoms with Gasteiger partial charge in [0.25, 0.3) is 5.91 Å². The molecule has 0 spiro atoms. The van der Waals surface area contributed by atoms with Gasteiger partial charge in [0, 0.05) is 32.0 Å². The van der Waals surface area contributed by atoms with E-state index in [9.17, 15) is 27.2 Å². The lowest BCUT2D eigenvalue weighted by Crippen LogP contribution is -2.35. The zero-order valence-electron chi connectivity index (χ0n) is 18.8. The Morgan fingerprint density at radius 2 is 1.91 bits per heavy atom. The number of anilines is 2. The molecule has 0 aliphatic carbocycles. The molecule has 1 aromatic carbocycles. The molecule has 0 fully saturated rings. The summed E-state index contributed by atoms with van der Waals surface area (Å²) in [5.74, 6) is -2.31. The Kier molecular flexibility index (Phi) is 7.05. The number of imide groups is 1. The van der Waals surface area contributed by atoms with Crippen molar-refractivity contribution in [3.8, 4) is 0 Å². The molecule has 34 heavy (non-hydrogen) atoms. The number of fused-ring (bicyclic) bond motifs is 1. The third-order valence-electron chi connectivity index (χ3n) is 4.89. The van der Waals surface area contributed by atoms with Crippen LogP contribution < -0.4 is 16.0 Å². The number of pyridine rings is 1. The van der Waals surface area contributed by atoms with Crippen molar-refractivity contribution < 1.29 is 27.2 Å². The normalized spacial score (nSPS) is 11.7. The van der Waals surface area contributed by atoms with Gasteiger partial charge in [-0.1, -0.05) is 0 Å². The molecule has 0 saturated heterocycles. The van der Waals surface area contributed by atoms with Crippen molar-refractivity contribution in [2.45, 2.75) is 13.1 Å². The molecular formula is C21H23F4N7O2. The molecule has 2 heterocycles. The summed E-state index contributed by atoms with van der Waals surface area (Å²) >= 11 is 0. The van der Waals surface area contributed by atoms with E-state index in [1.54, 1.807) is 18.7 Å². The minimum atomic E-state index is -4.94. The molecule has 9 nitrogen and oxygen atoms in total. The van der Waals surface area contributed by atoms with Gasteiger partial charge in [0.1, 0.15) is 5.82 Å². The fraction of sp³-hybridized carbons (Fsp3) is 0.333. The molecule has 3 aromatic rings. The molecule has 0 saturated carbocycles. The van der Waals surface area contributed by atoms with E-state index in [0.29, 0.717) is 47.6 Å². The van der Waals surface area contributed by atoms with Crippen LogP contribution in [0.25, 0.3) is 11.0 Å². The number of aromatic nitrogens is 3. The van der Waals surface area contributed by atoms with Gasteiger partial charge in [-0.25, -0.2) is 14.2 Å². The monoisotopic (exact) mass is 481 g/mol. The molecule has 3 amide bonds. The maximum atomic E-state index is 13.5.